The van der Waals surface area contributed by atoms with E-state index < -0.39 is 21.8 Å². The molecule has 1 heterocycles. The highest BCUT2D eigenvalue weighted by molar-refractivity contribution is 7.89. The summed E-state index contributed by atoms with van der Waals surface area (Å²) in [4.78, 5) is 15.8. The van der Waals surface area contributed by atoms with Gasteiger partial charge in [0.15, 0.2) is 0 Å². The number of hydrogen-bond acceptors (Lipinski definition) is 6. The maximum Gasteiger partial charge on any atom is 0.337 e. The monoisotopic (exact) mass is 430 g/mol. The number of methoxy groups -OCH3 is 1. The Morgan fingerprint density at radius 2 is 1.93 bits per heavy atom. The van der Waals surface area contributed by atoms with E-state index in [0.717, 1.165) is 0 Å². The van der Waals surface area contributed by atoms with Crippen LogP contribution in [0.4, 0.5) is 4.39 Å². The molecule has 3 rings (SSSR count). The Morgan fingerprint density at radius 3 is 2.60 bits per heavy atom. The van der Waals surface area contributed by atoms with Gasteiger partial charge in [0.1, 0.15) is 11.6 Å². The number of hydrogen-bond donors (Lipinski definition) is 1. The van der Waals surface area contributed by atoms with Gasteiger partial charge < -0.3 is 9.47 Å². The molecule has 0 aliphatic rings. The summed E-state index contributed by atoms with van der Waals surface area (Å²) in [5.74, 6) is -0.500. The van der Waals surface area contributed by atoms with E-state index in [-0.39, 0.29) is 22.9 Å². The Hall–Kier alpha value is -3.30. The lowest BCUT2D eigenvalue weighted by atomic mass is 10.1. The average molecular weight is 430 g/mol. The van der Waals surface area contributed by atoms with E-state index in [9.17, 15) is 17.6 Å². The predicted molar refractivity (Wildman–Crippen MR) is 107 cm³/mol. The van der Waals surface area contributed by atoms with Crippen LogP contribution in [0.1, 0.15) is 21.5 Å². The topological polar surface area (TPSA) is 94.6 Å². The first-order valence-corrected chi connectivity index (χ1v) is 10.3. The van der Waals surface area contributed by atoms with Crippen LogP contribution in [0.25, 0.3) is 0 Å². The minimum atomic E-state index is -3.88. The van der Waals surface area contributed by atoms with Crippen molar-refractivity contribution in [1.82, 2.24) is 9.71 Å². The minimum absolute atomic E-state index is 0.00980. The Morgan fingerprint density at radius 1 is 1.13 bits per heavy atom. The summed E-state index contributed by atoms with van der Waals surface area (Å²) in [5, 5.41) is 0. The molecule has 0 saturated heterocycles. The lowest BCUT2D eigenvalue weighted by molar-refractivity contribution is 0.0600. The van der Waals surface area contributed by atoms with Gasteiger partial charge in [0.05, 0.1) is 17.6 Å². The number of carbonyl (C=O) groups is 1. The van der Waals surface area contributed by atoms with E-state index in [1.807, 2.05) is 0 Å². The molecule has 9 heteroatoms. The van der Waals surface area contributed by atoms with Crippen LogP contribution in [0.15, 0.2) is 65.7 Å². The standard InChI is InChI=1S/C21H19FN2O5S/c1-14-6-8-16(21(25)28-2)10-19(14)30(26,27)24-13-15-7-9-20(23-12-15)29-18-5-3-4-17(22)11-18/h3-12,24H,13H2,1-2H3. The number of sulfonamides is 1. The molecule has 30 heavy (non-hydrogen) atoms. The number of esters is 1. The number of pyridine rings is 1. The fraction of sp³-hybridized carbons (Fsp3) is 0.143. The third-order valence-corrected chi connectivity index (χ3v) is 5.72. The van der Waals surface area contributed by atoms with Gasteiger partial charge in [-0.25, -0.2) is 27.3 Å². The van der Waals surface area contributed by atoms with Gasteiger partial charge in [0.2, 0.25) is 15.9 Å². The summed E-state index contributed by atoms with van der Waals surface area (Å²) in [6.45, 7) is 1.62. The Balaban J connectivity index is 1.69. The lowest BCUT2D eigenvalue weighted by Crippen LogP contribution is -2.24. The smallest absolute Gasteiger partial charge is 0.337 e. The lowest BCUT2D eigenvalue weighted by Gasteiger charge is -2.11. The summed E-state index contributed by atoms with van der Waals surface area (Å²) in [5.41, 5.74) is 1.23. The number of nitrogens with zero attached hydrogens (tertiary/aromatic N) is 1. The number of halogens is 1. The number of benzene rings is 2. The number of carbonyl (C=O) groups excluding carboxylic acids is 1. The second-order valence-electron chi connectivity index (χ2n) is 6.36. The summed E-state index contributed by atoms with van der Waals surface area (Å²) >= 11 is 0. The molecule has 0 aliphatic heterocycles. The van der Waals surface area contributed by atoms with Crippen molar-refractivity contribution in [3.05, 3.63) is 83.3 Å². The molecule has 3 aromatic rings. The van der Waals surface area contributed by atoms with E-state index >= 15 is 0 Å². The third-order valence-electron chi connectivity index (χ3n) is 4.18. The Labute approximate surface area is 173 Å². The SMILES string of the molecule is COC(=O)c1ccc(C)c(S(=O)(=O)NCc2ccc(Oc3cccc(F)c3)nc2)c1. The van der Waals surface area contributed by atoms with Gasteiger partial charge >= 0.3 is 5.97 Å². The van der Waals surface area contributed by atoms with Crippen LogP contribution >= 0.6 is 0 Å². The zero-order chi connectivity index (χ0) is 21.7. The van der Waals surface area contributed by atoms with Crippen LogP contribution in [-0.4, -0.2) is 26.5 Å². The van der Waals surface area contributed by atoms with Crippen LogP contribution in [0.2, 0.25) is 0 Å². The summed E-state index contributed by atoms with van der Waals surface area (Å²) in [6, 6.07) is 13.2. The average Bonchev–Trinajstić information content (AvgIpc) is 2.73. The Kier molecular flexibility index (Phi) is 6.43. The molecule has 156 valence electrons. The third kappa shape index (κ3) is 5.19. The van der Waals surface area contributed by atoms with Crippen molar-refractivity contribution in [1.29, 1.82) is 0 Å². The zero-order valence-corrected chi connectivity index (χ0v) is 17.1. The summed E-state index contributed by atoms with van der Waals surface area (Å²) < 4.78 is 51.2. The highest BCUT2D eigenvalue weighted by Crippen LogP contribution is 2.21. The molecule has 0 radical (unpaired) electrons. The molecular formula is C21H19FN2O5S. The van der Waals surface area contributed by atoms with Crippen molar-refractivity contribution >= 4 is 16.0 Å². The van der Waals surface area contributed by atoms with Gasteiger partial charge in [0.25, 0.3) is 0 Å². The van der Waals surface area contributed by atoms with Crippen molar-refractivity contribution in [2.45, 2.75) is 18.4 Å². The predicted octanol–water partition coefficient (Wildman–Crippen LogP) is 3.59. The first-order chi connectivity index (χ1) is 14.3. The maximum atomic E-state index is 13.2. The summed E-state index contributed by atoms with van der Waals surface area (Å²) in [6.07, 6.45) is 1.45. The van der Waals surface area contributed by atoms with E-state index in [2.05, 4.69) is 14.4 Å². The fourth-order valence-electron chi connectivity index (χ4n) is 2.62. The molecule has 0 saturated carbocycles. The second kappa shape index (κ2) is 9.02. The number of rotatable bonds is 7. The molecule has 7 nitrogen and oxygen atoms in total. The first-order valence-electron chi connectivity index (χ1n) is 8.85. The normalized spacial score (nSPS) is 11.2. The van der Waals surface area contributed by atoms with Crippen molar-refractivity contribution in [2.24, 2.45) is 0 Å². The van der Waals surface area contributed by atoms with Gasteiger partial charge in [-0.2, -0.15) is 0 Å². The van der Waals surface area contributed by atoms with E-state index in [1.165, 1.54) is 43.6 Å². The van der Waals surface area contributed by atoms with Crippen molar-refractivity contribution < 1.29 is 27.1 Å². The minimum Gasteiger partial charge on any atom is -0.465 e. The van der Waals surface area contributed by atoms with Gasteiger partial charge in [-0.3, -0.25) is 0 Å². The molecule has 2 aromatic carbocycles. The largest absolute Gasteiger partial charge is 0.465 e. The van der Waals surface area contributed by atoms with Crippen molar-refractivity contribution in [3.8, 4) is 11.6 Å². The van der Waals surface area contributed by atoms with Gasteiger partial charge in [-0.15, -0.1) is 0 Å². The van der Waals surface area contributed by atoms with Gasteiger partial charge in [-0.1, -0.05) is 18.2 Å². The van der Waals surface area contributed by atoms with Crippen LogP contribution < -0.4 is 9.46 Å². The molecule has 0 aliphatic carbocycles. The molecule has 0 bridgehead atoms. The first kappa shape index (κ1) is 21.4. The second-order valence-corrected chi connectivity index (χ2v) is 8.10. The molecule has 0 amide bonds. The van der Waals surface area contributed by atoms with Gasteiger partial charge in [0, 0.05) is 24.9 Å². The molecule has 1 aromatic heterocycles. The number of aromatic nitrogens is 1. The molecule has 0 unspecified atom stereocenters. The number of ether oxygens (including phenoxy) is 2. The van der Waals surface area contributed by atoms with Gasteiger partial charge in [-0.05, 0) is 42.3 Å². The zero-order valence-electron chi connectivity index (χ0n) is 16.3. The van der Waals surface area contributed by atoms with Crippen LogP contribution in [0, 0.1) is 12.7 Å². The molecule has 0 spiro atoms. The number of nitrogens with one attached hydrogen (secondary N) is 1. The van der Waals surface area contributed by atoms with Crippen molar-refractivity contribution in [2.75, 3.05) is 7.11 Å². The Bertz CT molecular complexity index is 1160. The van der Waals surface area contributed by atoms with Crippen LogP contribution in [-0.2, 0) is 21.3 Å². The molecule has 1 N–H and O–H groups in total. The van der Waals surface area contributed by atoms with E-state index in [1.54, 1.807) is 31.2 Å². The fourth-order valence-corrected chi connectivity index (χ4v) is 3.90. The molecular weight excluding hydrogens is 411 g/mol. The molecule has 0 atom stereocenters. The number of aryl methyl sites for hydroxylation is 1. The van der Waals surface area contributed by atoms with Crippen LogP contribution in [0.5, 0.6) is 11.6 Å². The van der Waals surface area contributed by atoms with E-state index in [0.29, 0.717) is 16.9 Å². The quantitative estimate of drug-likeness (QED) is 0.576. The van der Waals surface area contributed by atoms with Crippen molar-refractivity contribution in [3.63, 3.8) is 0 Å². The molecule has 0 fully saturated rings. The summed E-state index contributed by atoms with van der Waals surface area (Å²) in [7, 11) is -2.65. The van der Waals surface area contributed by atoms with Crippen LogP contribution in [0.3, 0.4) is 0 Å². The van der Waals surface area contributed by atoms with E-state index in [4.69, 9.17) is 4.74 Å². The maximum absolute atomic E-state index is 13.2. The highest BCUT2D eigenvalue weighted by atomic mass is 32.2. The highest BCUT2D eigenvalue weighted by Gasteiger charge is 2.19.